The second-order valence-electron chi connectivity index (χ2n) is 5.96. The largest absolute Gasteiger partial charge is 0.302 e. The quantitative estimate of drug-likeness (QED) is 0.873. The third-order valence-corrected chi connectivity index (χ3v) is 4.39. The van der Waals surface area contributed by atoms with Gasteiger partial charge in [-0.25, -0.2) is 4.98 Å². The van der Waals surface area contributed by atoms with Crippen molar-refractivity contribution in [2.45, 2.75) is 52.5 Å². The average molecular weight is 295 g/mol. The highest BCUT2D eigenvalue weighted by molar-refractivity contribution is 7.13. The van der Waals surface area contributed by atoms with Crippen molar-refractivity contribution in [2.24, 2.45) is 5.92 Å². The monoisotopic (exact) mass is 295 g/mol. The van der Waals surface area contributed by atoms with Crippen LogP contribution in [0.5, 0.6) is 0 Å². The molecule has 0 atom stereocenters. The zero-order valence-electron chi connectivity index (χ0n) is 12.5. The molecule has 0 radical (unpaired) electrons. The summed E-state index contributed by atoms with van der Waals surface area (Å²) in [5.74, 6) is 0.643. The van der Waals surface area contributed by atoms with Gasteiger partial charge in [0.2, 0.25) is 5.91 Å². The molecule has 1 aliphatic heterocycles. The van der Waals surface area contributed by atoms with Crippen molar-refractivity contribution in [1.29, 1.82) is 0 Å². The van der Waals surface area contributed by atoms with E-state index in [0.717, 1.165) is 23.8 Å². The van der Waals surface area contributed by atoms with Crippen molar-refractivity contribution in [2.75, 3.05) is 18.4 Å². The van der Waals surface area contributed by atoms with Gasteiger partial charge in [0.05, 0.1) is 5.69 Å². The molecule has 4 nitrogen and oxygen atoms in total. The SMILES string of the molecule is CC(C)CCC(=O)Nc1nc(CN2CCCCC2)cs1. The van der Waals surface area contributed by atoms with Crippen molar-refractivity contribution in [3.63, 3.8) is 0 Å². The lowest BCUT2D eigenvalue weighted by Crippen LogP contribution is -2.29. The van der Waals surface area contributed by atoms with Crippen LogP contribution in [0, 0.1) is 5.92 Å². The number of carbonyl (C=O) groups excluding carboxylic acids is 1. The summed E-state index contributed by atoms with van der Waals surface area (Å²) in [6, 6.07) is 0. The lowest BCUT2D eigenvalue weighted by molar-refractivity contribution is -0.116. The van der Waals surface area contributed by atoms with Gasteiger partial charge in [-0.05, 0) is 38.3 Å². The number of aromatic nitrogens is 1. The molecule has 0 aromatic carbocycles. The Kier molecular flexibility index (Phi) is 5.98. The van der Waals surface area contributed by atoms with Crippen LogP contribution < -0.4 is 5.32 Å². The number of carbonyl (C=O) groups is 1. The first-order chi connectivity index (χ1) is 9.63. The molecule has 20 heavy (non-hydrogen) atoms. The first kappa shape index (κ1) is 15.4. The fraction of sp³-hybridized carbons (Fsp3) is 0.733. The van der Waals surface area contributed by atoms with Gasteiger partial charge in [-0.2, -0.15) is 0 Å². The van der Waals surface area contributed by atoms with E-state index in [9.17, 15) is 4.79 Å². The Morgan fingerprint density at radius 2 is 2.15 bits per heavy atom. The Balaban J connectivity index is 1.77. The molecule has 1 amide bonds. The predicted octanol–water partition coefficient (Wildman–Crippen LogP) is 3.50. The summed E-state index contributed by atoms with van der Waals surface area (Å²) in [4.78, 5) is 18.7. The molecule has 1 N–H and O–H groups in total. The Labute approximate surface area is 125 Å². The summed E-state index contributed by atoms with van der Waals surface area (Å²) in [6.45, 7) is 7.53. The third kappa shape index (κ3) is 5.21. The van der Waals surface area contributed by atoms with Gasteiger partial charge in [-0.15, -0.1) is 11.3 Å². The van der Waals surface area contributed by atoms with Crippen LogP contribution >= 0.6 is 11.3 Å². The summed E-state index contributed by atoms with van der Waals surface area (Å²) < 4.78 is 0. The van der Waals surface area contributed by atoms with E-state index in [2.05, 4.69) is 34.4 Å². The first-order valence-corrected chi connectivity index (χ1v) is 8.48. The number of piperidine rings is 1. The van der Waals surface area contributed by atoms with Gasteiger partial charge >= 0.3 is 0 Å². The fourth-order valence-corrected chi connectivity index (χ4v) is 3.10. The minimum Gasteiger partial charge on any atom is -0.302 e. The van der Waals surface area contributed by atoms with Crippen molar-refractivity contribution >= 4 is 22.4 Å². The second-order valence-corrected chi connectivity index (χ2v) is 6.82. The van der Waals surface area contributed by atoms with Crippen molar-refractivity contribution in [1.82, 2.24) is 9.88 Å². The first-order valence-electron chi connectivity index (χ1n) is 7.60. The standard InChI is InChI=1S/C15H25N3OS/c1-12(2)6-7-14(19)17-15-16-13(11-20-15)10-18-8-4-3-5-9-18/h11-12H,3-10H2,1-2H3,(H,16,17,19). The summed E-state index contributed by atoms with van der Waals surface area (Å²) >= 11 is 1.53. The summed E-state index contributed by atoms with van der Waals surface area (Å²) in [5.41, 5.74) is 1.08. The average Bonchev–Trinajstić information content (AvgIpc) is 2.85. The minimum absolute atomic E-state index is 0.0811. The molecule has 1 aromatic rings. The molecule has 1 aromatic heterocycles. The number of likely N-dealkylation sites (tertiary alicyclic amines) is 1. The highest BCUT2D eigenvalue weighted by Crippen LogP contribution is 2.19. The Bertz CT molecular complexity index is 425. The van der Waals surface area contributed by atoms with Crippen LogP contribution in [-0.2, 0) is 11.3 Å². The van der Waals surface area contributed by atoms with Crippen LogP contribution in [0.2, 0.25) is 0 Å². The van der Waals surface area contributed by atoms with Gasteiger partial charge in [0.25, 0.3) is 0 Å². The van der Waals surface area contributed by atoms with E-state index in [1.54, 1.807) is 0 Å². The molecular weight excluding hydrogens is 270 g/mol. The summed E-state index contributed by atoms with van der Waals surface area (Å²) in [6.07, 6.45) is 5.45. The van der Waals surface area contributed by atoms with Gasteiger partial charge in [0.1, 0.15) is 0 Å². The summed E-state index contributed by atoms with van der Waals surface area (Å²) in [5, 5.41) is 5.71. The van der Waals surface area contributed by atoms with Crippen LogP contribution in [-0.4, -0.2) is 28.9 Å². The lowest BCUT2D eigenvalue weighted by atomic mass is 10.1. The molecule has 1 fully saturated rings. The molecule has 1 saturated heterocycles. The molecule has 5 heteroatoms. The topological polar surface area (TPSA) is 45.2 Å². The van der Waals surface area contributed by atoms with Crippen LogP contribution in [0.4, 0.5) is 5.13 Å². The number of rotatable bonds is 6. The Hall–Kier alpha value is -0.940. The van der Waals surface area contributed by atoms with E-state index in [1.165, 1.54) is 43.7 Å². The minimum atomic E-state index is 0.0811. The van der Waals surface area contributed by atoms with E-state index in [4.69, 9.17) is 0 Å². The maximum atomic E-state index is 11.8. The summed E-state index contributed by atoms with van der Waals surface area (Å²) in [7, 11) is 0. The molecule has 112 valence electrons. The maximum Gasteiger partial charge on any atom is 0.226 e. The Morgan fingerprint density at radius 1 is 1.40 bits per heavy atom. The highest BCUT2D eigenvalue weighted by atomic mass is 32.1. The Morgan fingerprint density at radius 3 is 2.85 bits per heavy atom. The number of anilines is 1. The van der Waals surface area contributed by atoms with Crippen LogP contribution in [0.3, 0.4) is 0 Å². The van der Waals surface area contributed by atoms with Crippen molar-refractivity contribution < 1.29 is 4.79 Å². The third-order valence-electron chi connectivity index (χ3n) is 3.58. The molecule has 0 spiro atoms. The molecule has 0 bridgehead atoms. The number of nitrogens with zero attached hydrogens (tertiary/aromatic N) is 2. The number of nitrogens with one attached hydrogen (secondary N) is 1. The number of hydrogen-bond acceptors (Lipinski definition) is 4. The van der Waals surface area contributed by atoms with E-state index in [1.807, 2.05) is 0 Å². The second kappa shape index (κ2) is 7.74. The van der Waals surface area contributed by atoms with Gasteiger partial charge in [0, 0.05) is 18.3 Å². The van der Waals surface area contributed by atoms with Gasteiger partial charge < -0.3 is 5.32 Å². The van der Waals surface area contributed by atoms with Gasteiger partial charge in [-0.3, -0.25) is 9.69 Å². The van der Waals surface area contributed by atoms with Crippen LogP contribution in [0.1, 0.15) is 51.6 Å². The van der Waals surface area contributed by atoms with Crippen LogP contribution in [0.25, 0.3) is 0 Å². The lowest BCUT2D eigenvalue weighted by Gasteiger charge is -2.25. The van der Waals surface area contributed by atoms with E-state index in [-0.39, 0.29) is 5.91 Å². The van der Waals surface area contributed by atoms with Crippen molar-refractivity contribution in [3.05, 3.63) is 11.1 Å². The zero-order valence-corrected chi connectivity index (χ0v) is 13.3. The predicted molar refractivity (Wildman–Crippen MR) is 83.9 cm³/mol. The van der Waals surface area contributed by atoms with E-state index in [0.29, 0.717) is 12.3 Å². The van der Waals surface area contributed by atoms with E-state index < -0.39 is 0 Å². The fourth-order valence-electron chi connectivity index (χ4n) is 2.39. The molecule has 0 aliphatic carbocycles. The number of amides is 1. The molecule has 2 heterocycles. The zero-order chi connectivity index (χ0) is 14.4. The van der Waals surface area contributed by atoms with Crippen LogP contribution in [0.15, 0.2) is 5.38 Å². The highest BCUT2D eigenvalue weighted by Gasteiger charge is 2.13. The van der Waals surface area contributed by atoms with Gasteiger partial charge in [0.15, 0.2) is 5.13 Å². The number of thiazole rings is 1. The maximum absolute atomic E-state index is 11.8. The molecular formula is C15H25N3OS. The molecule has 2 rings (SSSR count). The molecule has 0 saturated carbocycles. The van der Waals surface area contributed by atoms with Crippen molar-refractivity contribution in [3.8, 4) is 0 Å². The van der Waals surface area contributed by atoms with Gasteiger partial charge in [-0.1, -0.05) is 20.3 Å². The normalized spacial score (nSPS) is 16.6. The van der Waals surface area contributed by atoms with E-state index >= 15 is 0 Å². The smallest absolute Gasteiger partial charge is 0.226 e. The molecule has 1 aliphatic rings. The number of hydrogen-bond donors (Lipinski definition) is 1. The molecule has 0 unspecified atom stereocenters.